The number of rotatable bonds is 6. The molecule has 1 aromatic carbocycles. The molecule has 0 radical (unpaired) electrons. The Balaban J connectivity index is 1.97. The highest BCUT2D eigenvalue weighted by Crippen LogP contribution is 2.17. The molecule has 0 fully saturated rings. The summed E-state index contributed by atoms with van der Waals surface area (Å²) in [5, 5.41) is 2.96. The summed E-state index contributed by atoms with van der Waals surface area (Å²) in [7, 11) is 0. The van der Waals surface area contributed by atoms with E-state index in [1.165, 1.54) is 0 Å². The van der Waals surface area contributed by atoms with Gasteiger partial charge < -0.3 is 9.64 Å². The van der Waals surface area contributed by atoms with E-state index in [0.29, 0.717) is 12.2 Å². The highest BCUT2D eigenvalue weighted by molar-refractivity contribution is 7.09. The zero-order valence-corrected chi connectivity index (χ0v) is 13.4. The zero-order valence-electron chi connectivity index (χ0n) is 12.6. The van der Waals surface area contributed by atoms with Crippen LogP contribution in [0.5, 0.6) is 5.75 Å². The van der Waals surface area contributed by atoms with Gasteiger partial charge in [-0.1, -0.05) is 0 Å². The topological polar surface area (TPSA) is 42.4 Å². The molecule has 5 heteroatoms. The first-order chi connectivity index (χ1) is 10.1. The molecule has 0 spiro atoms. The number of hydrogen-bond donors (Lipinski definition) is 0. The van der Waals surface area contributed by atoms with Crippen LogP contribution in [-0.4, -0.2) is 28.9 Å². The third-order valence-corrected chi connectivity index (χ3v) is 4.12. The minimum Gasteiger partial charge on any atom is -0.486 e. The van der Waals surface area contributed by atoms with Gasteiger partial charge >= 0.3 is 0 Å². The number of ether oxygens (including phenoxy) is 1. The third-order valence-electron chi connectivity index (χ3n) is 3.18. The summed E-state index contributed by atoms with van der Waals surface area (Å²) in [6.07, 6.45) is 0. The molecular formula is C16H20N2O2S. The van der Waals surface area contributed by atoms with Crippen LogP contribution in [0, 0.1) is 6.92 Å². The van der Waals surface area contributed by atoms with Gasteiger partial charge in [0.1, 0.15) is 17.4 Å². The number of thiazole rings is 1. The maximum atomic E-state index is 12.2. The Morgan fingerprint density at radius 2 is 1.90 bits per heavy atom. The lowest BCUT2D eigenvalue weighted by Gasteiger charge is -2.18. The third kappa shape index (κ3) is 4.04. The summed E-state index contributed by atoms with van der Waals surface area (Å²) < 4.78 is 5.68. The van der Waals surface area contributed by atoms with Gasteiger partial charge in [0.25, 0.3) is 5.91 Å². The molecule has 112 valence electrons. The van der Waals surface area contributed by atoms with Gasteiger partial charge in [-0.25, -0.2) is 4.98 Å². The van der Waals surface area contributed by atoms with E-state index in [1.807, 2.05) is 50.4 Å². The fourth-order valence-corrected chi connectivity index (χ4v) is 2.68. The zero-order chi connectivity index (χ0) is 15.2. The molecule has 4 nitrogen and oxygen atoms in total. The maximum Gasteiger partial charge on any atom is 0.253 e. The molecule has 0 aliphatic heterocycles. The van der Waals surface area contributed by atoms with E-state index in [9.17, 15) is 4.79 Å². The fourth-order valence-electron chi connectivity index (χ4n) is 2.00. The number of amides is 1. The van der Waals surface area contributed by atoms with Gasteiger partial charge in [0, 0.05) is 29.7 Å². The minimum atomic E-state index is 0.0575. The van der Waals surface area contributed by atoms with Crippen LogP contribution in [-0.2, 0) is 6.61 Å². The molecule has 1 aromatic heterocycles. The Labute approximate surface area is 129 Å². The number of aryl methyl sites for hydroxylation is 1. The van der Waals surface area contributed by atoms with Crippen molar-refractivity contribution >= 4 is 17.2 Å². The Kier molecular flexibility index (Phi) is 5.33. The van der Waals surface area contributed by atoms with Crippen molar-refractivity contribution in [2.75, 3.05) is 13.1 Å². The van der Waals surface area contributed by atoms with Gasteiger partial charge in [-0.2, -0.15) is 0 Å². The van der Waals surface area contributed by atoms with Gasteiger partial charge in [-0.15, -0.1) is 11.3 Å². The predicted molar refractivity (Wildman–Crippen MR) is 84.9 cm³/mol. The molecule has 0 aliphatic carbocycles. The van der Waals surface area contributed by atoms with Crippen LogP contribution in [0.15, 0.2) is 29.6 Å². The van der Waals surface area contributed by atoms with Crippen LogP contribution < -0.4 is 4.74 Å². The Morgan fingerprint density at radius 1 is 1.24 bits per heavy atom. The van der Waals surface area contributed by atoms with E-state index in [0.717, 1.165) is 29.5 Å². The molecule has 21 heavy (non-hydrogen) atoms. The average molecular weight is 304 g/mol. The number of hydrogen-bond acceptors (Lipinski definition) is 4. The molecular weight excluding hydrogens is 284 g/mol. The van der Waals surface area contributed by atoms with E-state index >= 15 is 0 Å². The number of benzene rings is 1. The van der Waals surface area contributed by atoms with E-state index in [4.69, 9.17) is 4.74 Å². The first-order valence-corrected chi connectivity index (χ1v) is 7.95. The van der Waals surface area contributed by atoms with Crippen LogP contribution in [0.2, 0.25) is 0 Å². The second kappa shape index (κ2) is 7.22. The van der Waals surface area contributed by atoms with Crippen molar-refractivity contribution in [3.05, 3.63) is 45.9 Å². The highest BCUT2D eigenvalue weighted by Gasteiger charge is 2.12. The lowest BCUT2D eigenvalue weighted by atomic mass is 10.2. The normalized spacial score (nSPS) is 10.4. The number of nitrogens with zero attached hydrogens (tertiary/aromatic N) is 2. The van der Waals surface area contributed by atoms with Crippen LogP contribution in [0.3, 0.4) is 0 Å². The summed E-state index contributed by atoms with van der Waals surface area (Å²) in [5.74, 6) is 0.807. The number of aromatic nitrogens is 1. The van der Waals surface area contributed by atoms with Crippen molar-refractivity contribution in [3.63, 3.8) is 0 Å². The smallest absolute Gasteiger partial charge is 0.253 e. The number of carbonyl (C=O) groups is 1. The van der Waals surface area contributed by atoms with E-state index in [2.05, 4.69) is 4.98 Å². The van der Waals surface area contributed by atoms with Gasteiger partial charge in [0.15, 0.2) is 0 Å². The second-order valence-electron chi connectivity index (χ2n) is 4.67. The predicted octanol–water partition coefficient (Wildman–Crippen LogP) is 3.51. The number of carbonyl (C=O) groups excluding carboxylic acids is 1. The molecule has 0 N–H and O–H groups in total. The molecule has 0 unspecified atom stereocenters. The Morgan fingerprint density at radius 3 is 2.43 bits per heavy atom. The quantitative estimate of drug-likeness (QED) is 0.820. The van der Waals surface area contributed by atoms with Gasteiger partial charge in [-0.05, 0) is 45.0 Å². The van der Waals surface area contributed by atoms with Crippen molar-refractivity contribution < 1.29 is 9.53 Å². The fraction of sp³-hybridized carbons (Fsp3) is 0.375. The van der Waals surface area contributed by atoms with Crippen molar-refractivity contribution in [2.45, 2.75) is 27.4 Å². The van der Waals surface area contributed by atoms with Crippen LogP contribution in [0.4, 0.5) is 0 Å². The summed E-state index contributed by atoms with van der Waals surface area (Å²) >= 11 is 1.59. The molecule has 0 atom stereocenters. The maximum absolute atomic E-state index is 12.2. The average Bonchev–Trinajstić information content (AvgIpc) is 2.92. The first-order valence-electron chi connectivity index (χ1n) is 7.07. The molecule has 0 saturated heterocycles. The largest absolute Gasteiger partial charge is 0.486 e. The Hall–Kier alpha value is -1.88. The molecule has 2 rings (SSSR count). The highest BCUT2D eigenvalue weighted by atomic mass is 32.1. The molecule has 2 aromatic rings. The van der Waals surface area contributed by atoms with Crippen LogP contribution >= 0.6 is 11.3 Å². The molecule has 1 amide bonds. The molecule has 0 saturated carbocycles. The first kappa shape index (κ1) is 15.5. The van der Waals surface area contributed by atoms with E-state index < -0.39 is 0 Å². The van der Waals surface area contributed by atoms with E-state index in [1.54, 1.807) is 16.2 Å². The Bertz CT molecular complexity index is 589. The van der Waals surface area contributed by atoms with Crippen LogP contribution in [0.1, 0.15) is 34.9 Å². The molecule has 0 aliphatic rings. The standard InChI is InChI=1S/C16H20N2O2S/c1-4-18(5-2)16(19)13-6-8-14(9-7-13)20-10-15-17-12(3)11-21-15/h6-9,11H,4-5,10H2,1-3H3. The monoisotopic (exact) mass is 304 g/mol. The summed E-state index contributed by atoms with van der Waals surface area (Å²) in [6, 6.07) is 7.28. The van der Waals surface area contributed by atoms with Gasteiger partial charge in [0.2, 0.25) is 0 Å². The lowest BCUT2D eigenvalue weighted by molar-refractivity contribution is 0.0773. The second-order valence-corrected chi connectivity index (χ2v) is 5.62. The summed E-state index contributed by atoms with van der Waals surface area (Å²) in [6.45, 7) is 7.83. The lowest BCUT2D eigenvalue weighted by Crippen LogP contribution is -2.30. The van der Waals surface area contributed by atoms with Gasteiger partial charge in [0.05, 0.1) is 0 Å². The van der Waals surface area contributed by atoms with Crippen LogP contribution in [0.25, 0.3) is 0 Å². The van der Waals surface area contributed by atoms with E-state index in [-0.39, 0.29) is 5.91 Å². The minimum absolute atomic E-state index is 0.0575. The molecule has 0 bridgehead atoms. The van der Waals surface area contributed by atoms with Crippen molar-refractivity contribution in [3.8, 4) is 5.75 Å². The summed E-state index contributed by atoms with van der Waals surface area (Å²) in [5.41, 5.74) is 1.70. The SMILES string of the molecule is CCN(CC)C(=O)c1ccc(OCc2nc(C)cs2)cc1. The van der Waals surface area contributed by atoms with Crippen molar-refractivity contribution in [1.82, 2.24) is 9.88 Å². The van der Waals surface area contributed by atoms with Gasteiger partial charge in [-0.3, -0.25) is 4.79 Å². The van der Waals surface area contributed by atoms with Crippen molar-refractivity contribution in [2.24, 2.45) is 0 Å². The van der Waals surface area contributed by atoms with Crippen molar-refractivity contribution in [1.29, 1.82) is 0 Å². The summed E-state index contributed by atoms with van der Waals surface area (Å²) in [4.78, 5) is 18.3. The molecule has 1 heterocycles.